The van der Waals surface area contributed by atoms with Gasteiger partial charge in [-0.25, -0.2) is 4.79 Å². The topological polar surface area (TPSA) is 163 Å². The molecule has 1 atom stereocenters. The number of nitrogens with zero attached hydrogens (tertiary/aromatic N) is 4. The summed E-state index contributed by atoms with van der Waals surface area (Å²) in [5.41, 5.74) is 8.69. The normalized spacial score (nSPS) is 20.9. The molecular formula is C32H41Cl2N7O5. The van der Waals surface area contributed by atoms with Gasteiger partial charge in [0.1, 0.15) is 6.04 Å². The minimum absolute atomic E-state index is 0. The molecule has 6 rings (SSSR count). The number of carbonyl (C=O) groups is 4. The number of piperazine rings is 1. The van der Waals surface area contributed by atoms with Crippen LogP contribution in [-0.4, -0.2) is 95.8 Å². The fraction of sp³-hybridized carbons (Fsp3) is 0.469. The number of hydrogen-bond acceptors (Lipinski definition) is 6. The first-order valence-electron chi connectivity index (χ1n) is 15.2. The maximum Gasteiger partial charge on any atom is 0.335 e. The molecule has 3 aliphatic heterocycles. The molecule has 0 unspecified atom stereocenters. The van der Waals surface area contributed by atoms with Crippen molar-refractivity contribution in [1.29, 1.82) is 5.41 Å². The standard InChI is InChI=1S/C32H39N7O5.2ClH/c1-36-15-16-38(26(40)19-36)25-4-2-3-24-23(25)9-12-39(27(24)28(41)35-22-7-5-20(6-8-22)30(43)44)29(42)21-17-32(18-21)10-13-37(14-11-32)31(33)34;;/h2-8,21,27H,9-19H2,1H3,(H3,33,34)(H,35,41)(H,43,44);2*1H/t27-;;/m1../s1. The third-order valence-corrected chi connectivity index (χ3v) is 9.90. The number of aromatic carboxylic acids is 1. The number of halogens is 2. The molecule has 1 saturated carbocycles. The highest BCUT2D eigenvalue weighted by molar-refractivity contribution is 6.01. The van der Waals surface area contributed by atoms with Crippen molar-refractivity contribution in [2.24, 2.45) is 17.1 Å². The average Bonchev–Trinajstić information content (AvgIpc) is 2.99. The first kappa shape index (κ1) is 35.0. The summed E-state index contributed by atoms with van der Waals surface area (Å²) in [7, 11) is 1.92. The SMILES string of the molecule is CN1CCN(c2cccc3c2CCN(C(=O)C2CC4(CCN(C(=N)N)CC4)C2)[C@H]3C(=O)Nc2ccc(C(=O)O)cc2)C(=O)C1.Cl.Cl. The Hall–Kier alpha value is -3.87. The molecule has 5 N–H and O–H groups in total. The number of hydrogen-bond donors (Lipinski definition) is 4. The number of nitrogens with one attached hydrogen (secondary N) is 2. The van der Waals surface area contributed by atoms with Crippen molar-refractivity contribution in [3.8, 4) is 0 Å². The van der Waals surface area contributed by atoms with Crippen LogP contribution in [0.4, 0.5) is 11.4 Å². The monoisotopic (exact) mass is 673 g/mol. The molecule has 0 aromatic heterocycles. The number of likely N-dealkylation sites (tertiary alicyclic amines) is 1. The molecule has 2 saturated heterocycles. The van der Waals surface area contributed by atoms with Crippen molar-refractivity contribution in [1.82, 2.24) is 14.7 Å². The van der Waals surface area contributed by atoms with Crippen LogP contribution >= 0.6 is 24.8 Å². The fourth-order valence-electron chi connectivity index (χ4n) is 7.40. The number of guanidine groups is 1. The molecule has 3 heterocycles. The molecule has 1 spiro atoms. The van der Waals surface area contributed by atoms with Gasteiger partial charge in [-0.15, -0.1) is 24.8 Å². The van der Waals surface area contributed by atoms with Crippen LogP contribution < -0.4 is 16.0 Å². The lowest BCUT2D eigenvalue weighted by molar-refractivity contribution is -0.151. The minimum Gasteiger partial charge on any atom is -0.478 e. The van der Waals surface area contributed by atoms with Gasteiger partial charge in [0.2, 0.25) is 11.8 Å². The lowest BCUT2D eigenvalue weighted by Gasteiger charge is -2.53. The molecule has 14 heteroatoms. The van der Waals surface area contributed by atoms with E-state index in [-0.39, 0.29) is 65.4 Å². The van der Waals surface area contributed by atoms with Gasteiger partial charge in [-0.3, -0.25) is 24.7 Å². The highest BCUT2D eigenvalue weighted by Crippen LogP contribution is 2.54. The predicted molar refractivity (Wildman–Crippen MR) is 179 cm³/mol. The number of fused-ring (bicyclic) bond motifs is 1. The zero-order valence-corrected chi connectivity index (χ0v) is 27.4. The lowest BCUT2D eigenvalue weighted by atomic mass is 9.57. The Bertz CT molecular complexity index is 1500. The van der Waals surface area contributed by atoms with Crippen LogP contribution in [0.2, 0.25) is 0 Å². The van der Waals surface area contributed by atoms with Gasteiger partial charge in [-0.1, -0.05) is 12.1 Å². The van der Waals surface area contributed by atoms with Crippen LogP contribution in [-0.2, 0) is 20.8 Å². The second kappa shape index (κ2) is 13.9. The molecule has 3 amide bonds. The van der Waals surface area contributed by atoms with E-state index in [0.717, 1.165) is 43.5 Å². The number of benzene rings is 2. The van der Waals surface area contributed by atoms with E-state index in [2.05, 4.69) is 5.32 Å². The summed E-state index contributed by atoms with van der Waals surface area (Å²) in [6, 6.07) is 10.7. The second-order valence-electron chi connectivity index (χ2n) is 12.7. The van der Waals surface area contributed by atoms with Crippen LogP contribution in [0.15, 0.2) is 42.5 Å². The molecule has 3 fully saturated rings. The Kier molecular flexibility index (Phi) is 10.5. The minimum atomic E-state index is -1.06. The van der Waals surface area contributed by atoms with Gasteiger partial charge < -0.3 is 30.9 Å². The van der Waals surface area contributed by atoms with E-state index in [9.17, 15) is 24.3 Å². The molecule has 2 aromatic carbocycles. The molecule has 2 aromatic rings. The molecule has 0 radical (unpaired) electrons. The number of likely N-dealkylation sites (N-methyl/N-ethyl adjacent to an activating group) is 1. The number of rotatable bonds is 5. The van der Waals surface area contributed by atoms with E-state index in [4.69, 9.17) is 11.1 Å². The highest BCUT2D eigenvalue weighted by Gasteiger charge is 2.51. The summed E-state index contributed by atoms with van der Waals surface area (Å²) >= 11 is 0. The fourth-order valence-corrected chi connectivity index (χ4v) is 7.40. The van der Waals surface area contributed by atoms with Crippen molar-refractivity contribution in [3.63, 3.8) is 0 Å². The summed E-state index contributed by atoms with van der Waals surface area (Å²) in [6.07, 6.45) is 3.80. The van der Waals surface area contributed by atoms with Crippen molar-refractivity contribution < 1.29 is 24.3 Å². The van der Waals surface area contributed by atoms with E-state index in [1.165, 1.54) is 12.1 Å². The maximum atomic E-state index is 14.1. The average molecular weight is 675 g/mol. The van der Waals surface area contributed by atoms with E-state index < -0.39 is 12.0 Å². The van der Waals surface area contributed by atoms with E-state index >= 15 is 0 Å². The smallest absolute Gasteiger partial charge is 0.335 e. The number of anilines is 2. The maximum absolute atomic E-state index is 14.1. The van der Waals surface area contributed by atoms with Crippen molar-refractivity contribution in [2.45, 2.75) is 38.1 Å². The van der Waals surface area contributed by atoms with E-state index in [1.807, 2.05) is 35.0 Å². The van der Waals surface area contributed by atoms with Crippen LogP contribution in [0.5, 0.6) is 0 Å². The number of nitrogens with two attached hydrogens (primary N) is 1. The Balaban J connectivity index is 0.00000240. The van der Waals surface area contributed by atoms with Crippen molar-refractivity contribution >= 4 is 65.8 Å². The Morgan fingerprint density at radius 1 is 0.978 bits per heavy atom. The molecule has 248 valence electrons. The zero-order chi connectivity index (χ0) is 31.2. The third-order valence-electron chi connectivity index (χ3n) is 9.90. The van der Waals surface area contributed by atoms with Crippen LogP contribution in [0.3, 0.4) is 0 Å². The highest BCUT2D eigenvalue weighted by atomic mass is 35.5. The lowest BCUT2D eigenvalue weighted by Crippen LogP contribution is -2.55. The quantitative estimate of drug-likeness (QED) is 0.278. The molecule has 4 aliphatic rings. The summed E-state index contributed by atoms with van der Waals surface area (Å²) < 4.78 is 0. The van der Waals surface area contributed by atoms with Gasteiger partial charge in [0, 0.05) is 50.0 Å². The van der Waals surface area contributed by atoms with E-state index in [0.29, 0.717) is 50.4 Å². The third kappa shape index (κ3) is 6.65. The Morgan fingerprint density at radius 3 is 2.26 bits per heavy atom. The predicted octanol–water partition coefficient (Wildman–Crippen LogP) is 2.96. The number of piperidine rings is 1. The summed E-state index contributed by atoms with van der Waals surface area (Å²) in [6.45, 7) is 3.39. The molecule has 46 heavy (non-hydrogen) atoms. The molecule has 0 bridgehead atoms. The van der Waals surface area contributed by atoms with Gasteiger partial charge in [0.15, 0.2) is 5.96 Å². The van der Waals surface area contributed by atoms with Gasteiger partial charge in [0.05, 0.1) is 12.1 Å². The summed E-state index contributed by atoms with van der Waals surface area (Å²) in [5.74, 6) is -1.58. The van der Waals surface area contributed by atoms with E-state index in [1.54, 1.807) is 21.9 Å². The number of carboxylic acids is 1. The summed E-state index contributed by atoms with van der Waals surface area (Å²) in [4.78, 5) is 59.8. The molecular weight excluding hydrogens is 633 g/mol. The molecule has 1 aliphatic carbocycles. The van der Waals surface area contributed by atoms with Crippen LogP contribution in [0.1, 0.15) is 53.2 Å². The van der Waals surface area contributed by atoms with Crippen LogP contribution in [0.25, 0.3) is 0 Å². The number of carboxylic acid groups (broad SMARTS) is 1. The van der Waals surface area contributed by atoms with Crippen molar-refractivity contribution in [2.75, 3.05) is 56.5 Å². The summed E-state index contributed by atoms with van der Waals surface area (Å²) in [5, 5.41) is 19.9. The van der Waals surface area contributed by atoms with Gasteiger partial charge >= 0.3 is 5.97 Å². The van der Waals surface area contributed by atoms with Gasteiger partial charge in [0.25, 0.3) is 5.91 Å². The largest absolute Gasteiger partial charge is 0.478 e. The van der Waals surface area contributed by atoms with Crippen LogP contribution in [0, 0.1) is 16.7 Å². The second-order valence-corrected chi connectivity index (χ2v) is 12.7. The number of amides is 3. The Labute approximate surface area is 280 Å². The first-order chi connectivity index (χ1) is 21.0. The van der Waals surface area contributed by atoms with Gasteiger partial charge in [-0.05, 0) is 86.0 Å². The first-order valence-corrected chi connectivity index (χ1v) is 15.2. The zero-order valence-electron chi connectivity index (χ0n) is 25.7. The van der Waals surface area contributed by atoms with Gasteiger partial charge in [-0.2, -0.15) is 0 Å². The Morgan fingerprint density at radius 2 is 1.65 bits per heavy atom. The van der Waals surface area contributed by atoms with Crippen molar-refractivity contribution in [3.05, 3.63) is 59.2 Å². The number of carbonyl (C=O) groups excluding carboxylic acids is 3. The molecule has 12 nitrogen and oxygen atoms in total.